The average Bonchev–Trinajstić information content (AvgIpc) is 1.83. The van der Waals surface area contributed by atoms with Crippen LogP contribution >= 0.6 is 11.6 Å². The Morgan fingerprint density at radius 1 is 1.78 bits per heavy atom. The summed E-state index contributed by atoms with van der Waals surface area (Å²) in [6, 6.07) is 1.10. The van der Waals surface area contributed by atoms with E-state index in [9.17, 15) is 4.79 Å². The first-order chi connectivity index (χ1) is 4.22. The van der Waals surface area contributed by atoms with E-state index in [1.807, 2.05) is 0 Å². The third-order valence-corrected chi connectivity index (χ3v) is 1.04. The van der Waals surface area contributed by atoms with Gasteiger partial charge in [0.1, 0.15) is 0 Å². The molecule has 0 aromatic carbocycles. The molecule has 1 aromatic heterocycles. The highest BCUT2D eigenvalue weighted by Crippen LogP contribution is 1.94. The molecule has 0 spiro atoms. The van der Waals surface area contributed by atoms with Crippen LogP contribution in [0.25, 0.3) is 0 Å². The highest BCUT2D eigenvalue weighted by molar-refractivity contribution is 6.28. The van der Waals surface area contributed by atoms with Crippen LogP contribution in [0.5, 0.6) is 0 Å². The minimum absolute atomic E-state index is 0.234. The van der Waals surface area contributed by atoms with Crippen molar-refractivity contribution >= 4 is 11.6 Å². The van der Waals surface area contributed by atoms with Crippen LogP contribution in [0.1, 0.15) is 0 Å². The van der Waals surface area contributed by atoms with Gasteiger partial charge < -0.3 is 5.21 Å². The minimum Gasteiger partial charge on any atom is -0.423 e. The van der Waals surface area contributed by atoms with Gasteiger partial charge in [-0.25, -0.2) is 4.98 Å². The first-order valence-corrected chi connectivity index (χ1v) is 2.52. The van der Waals surface area contributed by atoms with Gasteiger partial charge in [0.05, 0.1) is 0 Å². The van der Waals surface area contributed by atoms with Crippen molar-refractivity contribution in [3.63, 3.8) is 0 Å². The van der Waals surface area contributed by atoms with E-state index in [2.05, 4.69) is 4.98 Å². The van der Waals surface area contributed by atoms with Gasteiger partial charge in [0, 0.05) is 12.3 Å². The number of aromatic nitrogens is 2. The summed E-state index contributed by atoms with van der Waals surface area (Å²) in [6.07, 6.45) is 1.22. The molecule has 1 N–H and O–H groups in total. The number of nitrogens with zero attached hydrogens (tertiary/aromatic N) is 2. The standard InChI is InChI=1S/C4H3ClN2O2/c5-4-6-2-1-3(8)7(4)9/h1-2,9H. The molecule has 0 saturated carbocycles. The second kappa shape index (κ2) is 2.06. The predicted molar refractivity (Wildman–Crippen MR) is 30.7 cm³/mol. The molecule has 4 nitrogen and oxygen atoms in total. The highest BCUT2D eigenvalue weighted by atomic mass is 35.5. The monoisotopic (exact) mass is 146 g/mol. The third-order valence-electron chi connectivity index (χ3n) is 0.782. The Kier molecular flexibility index (Phi) is 1.40. The van der Waals surface area contributed by atoms with Gasteiger partial charge in [-0.2, -0.15) is 0 Å². The van der Waals surface area contributed by atoms with Gasteiger partial charge in [-0.1, -0.05) is 0 Å². The van der Waals surface area contributed by atoms with Crippen molar-refractivity contribution in [1.82, 2.24) is 9.71 Å². The van der Waals surface area contributed by atoms with E-state index in [0.717, 1.165) is 6.07 Å². The zero-order chi connectivity index (χ0) is 6.85. The van der Waals surface area contributed by atoms with Crippen molar-refractivity contribution in [3.05, 3.63) is 27.9 Å². The van der Waals surface area contributed by atoms with E-state index >= 15 is 0 Å². The summed E-state index contributed by atoms with van der Waals surface area (Å²) < 4.78 is 0.265. The molecule has 0 unspecified atom stereocenters. The van der Waals surface area contributed by atoms with Gasteiger partial charge in [0.25, 0.3) is 5.56 Å². The van der Waals surface area contributed by atoms with Gasteiger partial charge in [-0.3, -0.25) is 4.79 Å². The highest BCUT2D eigenvalue weighted by Gasteiger charge is 1.95. The van der Waals surface area contributed by atoms with Gasteiger partial charge in [0.15, 0.2) is 0 Å². The number of hydrogen-bond acceptors (Lipinski definition) is 3. The number of rotatable bonds is 0. The zero-order valence-corrected chi connectivity index (χ0v) is 5.04. The molecular weight excluding hydrogens is 144 g/mol. The summed E-state index contributed by atoms with van der Waals surface area (Å²) in [5.74, 6) is 0. The summed E-state index contributed by atoms with van der Waals surface area (Å²) in [6.45, 7) is 0. The molecule has 0 aliphatic carbocycles. The molecule has 0 fully saturated rings. The summed E-state index contributed by atoms with van der Waals surface area (Å²) >= 11 is 5.22. The first kappa shape index (κ1) is 6.10. The molecule has 48 valence electrons. The van der Waals surface area contributed by atoms with Crippen LogP contribution in [-0.2, 0) is 0 Å². The molecule has 0 radical (unpaired) electrons. The van der Waals surface area contributed by atoms with E-state index < -0.39 is 5.56 Å². The van der Waals surface area contributed by atoms with Gasteiger partial charge in [-0.05, 0) is 11.6 Å². The fourth-order valence-electron chi connectivity index (χ4n) is 0.379. The van der Waals surface area contributed by atoms with Crippen LogP contribution in [-0.4, -0.2) is 14.9 Å². The SMILES string of the molecule is O=c1ccnc(Cl)n1O. The van der Waals surface area contributed by atoms with Crippen LogP contribution in [0.15, 0.2) is 17.1 Å². The Bertz CT molecular complexity index is 270. The lowest BCUT2D eigenvalue weighted by molar-refractivity contribution is 0.172. The van der Waals surface area contributed by atoms with Crippen molar-refractivity contribution in [2.45, 2.75) is 0 Å². The smallest absolute Gasteiger partial charge is 0.287 e. The fourth-order valence-corrected chi connectivity index (χ4v) is 0.518. The maximum Gasteiger partial charge on any atom is 0.287 e. The zero-order valence-electron chi connectivity index (χ0n) is 4.28. The number of halogens is 1. The van der Waals surface area contributed by atoms with Gasteiger partial charge in [-0.15, -0.1) is 4.73 Å². The maximum absolute atomic E-state index is 10.4. The normalized spacial score (nSPS) is 9.44. The summed E-state index contributed by atoms with van der Waals surface area (Å²) in [4.78, 5) is 13.8. The molecule has 9 heavy (non-hydrogen) atoms. The van der Waals surface area contributed by atoms with Gasteiger partial charge in [0.2, 0.25) is 5.28 Å². The lowest BCUT2D eigenvalue weighted by Gasteiger charge is -1.92. The van der Waals surface area contributed by atoms with Crippen molar-refractivity contribution in [2.75, 3.05) is 0 Å². The molecule has 0 amide bonds. The number of hydrogen-bond donors (Lipinski definition) is 1. The molecule has 0 aliphatic heterocycles. The van der Waals surface area contributed by atoms with Crippen molar-refractivity contribution in [2.24, 2.45) is 0 Å². The van der Waals surface area contributed by atoms with Crippen LogP contribution < -0.4 is 5.56 Å². The fraction of sp³-hybridized carbons (Fsp3) is 0. The maximum atomic E-state index is 10.4. The molecule has 0 bridgehead atoms. The van der Waals surface area contributed by atoms with E-state index in [1.54, 1.807) is 0 Å². The van der Waals surface area contributed by atoms with E-state index in [4.69, 9.17) is 16.8 Å². The van der Waals surface area contributed by atoms with Crippen LogP contribution in [0.4, 0.5) is 0 Å². The largest absolute Gasteiger partial charge is 0.423 e. The second-order valence-electron chi connectivity index (χ2n) is 1.36. The second-order valence-corrected chi connectivity index (χ2v) is 1.70. The Morgan fingerprint density at radius 3 is 2.89 bits per heavy atom. The molecule has 1 rings (SSSR count). The molecule has 5 heteroatoms. The lowest BCUT2D eigenvalue weighted by atomic mass is 10.7. The van der Waals surface area contributed by atoms with Crippen LogP contribution in [0.3, 0.4) is 0 Å². The molecule has 1 heterocycles. The van der Waals surface area contributed by atoms with E-state index in [-0.39, 0.29) is 10.0 Å². The Labute approximate surface area is 55.3 Å². The van der Waals surface area contributed by atoms with Crippen molar-refractivity contribution < 1.29 is 5.21 Å². The lowest BCUT2D eigenvalue weighted by Crippen LogP contribution is -2.17. The Morgan fingerprint density at radius 2 is 2.44 bits per heavy atom. The Hall–Kier alpha value is -1.03. The molecule has 0 atom stereocenters. The van der Waals surface area contributed by atoms with Crippen LogP contribution in [0, 0.1) is 0 Å². The topological polar surface area (TPSA) is 55.1 Å². The molecule has 0 aliphatic rings. The summed E-state index contributed by atoms with van der Waals surface area (Å²) in [5.41, 5.74) is -0.588. The molecule has 0 saturated heterocycles. The van der Waals surface area contributed by atoms with Crippen molar-refractivity contribution in [1.29, 1.82) is 0 Å². The third kappa shape index (κ3) is 1.02. The minimum atomic E-state index is -0.588. The first-order valence-electron chi connectivity index (χ1n) is 2.14. The quantitative estimate of drug-likeness (QED) is 0.418. The van der Waals surface area contributed by atoms with E-state index in [1.165, 1.54) is 6.20 Å². The van der Waals surface area contributed by atoms with Crippen LogP contribution in [0.2, 0.25) is 5.28 Å². The summed E-state index contributed by atoms with van der Waals surface area (Å²) in [7, 11) is 0. The van der Waals surface area contributed by atoms with Gasteiger partial charge >= 0.3 is 0 Å². The van der Waals surface area contributed by atoms with E-state index in [0.29, 0.717) is 0 Å². The molecule has 1 aromatic rings. The Balaban J connectivity index is 3.43. The average molecular weight is 147 g/mol. The van der Waals surface area contributed by atoms with Crippen molar-refractivity contribution in [3.8, 4) is 0 Å². The molecular formula is C4H3ClN2O2. The predicted octanol–water partition coefficient (Wildman–Crippen LogP) is 0.134. The summed E-state index contributed by atoms with van der Waals surface area (Å²) in [5, 5.41) is 8.38.